The first-order valence-corrected chi connectivity index (χ1v) is 13.6. The fourth-order valence-corrected chi connectivity index (χ4v) is 5.32. The predicted molar refractivity (Wildman–Crippen MR) is 149 cm³/mol. The molecule has 2 aromatic rings. The minimum absolute atomic E-state index is 0.209. The molecule has 1 saturated heterocycles. The summed E-state index contributed by atoms with van der Waals surface area (Å²) < 4.78 is 40.4. The molecule has 214 valence electrons. The number of likely N-dealkylation sites (N-methyl/N-ethyl adjacent to an activating group) is 1. The van der Waals surface area contributed by atoms with E-state index in [2.05, 4.69) is 0 Å². The van der Waals surface area contributed by atoms with Gasteiger partial charge in [0.1, 0.15) is 6.04 Å². The van der Waals surface area contributed by atoms with Gasteiger partial charge in [-0.3, -0.25) is 9.59 Å². The highest BCUT2D eigenvalue weighted by Crippen LogP contribution is 2.36. The van der Waals surface area contributed by atoms with Gasteiger partial charge >= 0.3 is 6.18 Å². The van der Waals surface area contributed by atoms with E-state index in [0.717, 1.165) is 12.1 Å². The minimum Gasteiger partial charge on any atom is -0.368 e. The van der Waals surface area contributed by atoms with Gasteiger partial charge in [0.05, 0.1) is 5.56 Å². The molecule has 0 radical (unpaired) electrons. The van der Waals surface area contributed by atoms with Crippen molar-refractivity contribution in [1.82, 2.24) is 9.80 Å². The van der Waals surface area contributed by atoms with Crippen molar-refractivity contribution in [2.75, 3.05) is 38.1 Å². The number of rotatable bonds is 8. The summed E-state index contributed by atoms with van der Waals surface area (Å²) in [6.45, 7) is 6.86. The quantitative estimate of drug-likeness (QED) is 0.424. The number of nitrogens with two attached hydrogens (primary N) is 1. The molecule has 2 aromatic carbocycles. The second-order valence-corrected chi connectivity index (χ2v) is 11.2. The Labute approximate surface area is 237 Å². The van der Waals surface area contributed by atoms with Gasteiger partial charge in [-0.05, 0) is 53.8 Å². The Morgan fingerprint density at radius 1 is 1.05 bits per heavy atom. The lowest BCUT2D eigenvalue weighted by Crippen LogP contribution is -2.56. The Morgan fingerprint density at radius 2 is 1.69 bits per heavy atom. The normalized spacial score (nSPS) is 15.9. The summed E-state index contributed by atoms with van der Waals surface area (Å²) in [5.74, 6) is -0.269. The van der Waals surface area contributed by atoms with Crippen LogP contribution in [0.4, 0.5) is 18.9 Å². The van der Waals surface area contributed by atoms with Crippen molar-refractivity contribution in [2.45, 2.75) is 51.9 Å². The molecule has 2 atom stereocenters. The van der Waals surface area contributed by atoms with Gasteiger partial charge in [-0.25, -0.2) is 0 Å². The largest absolute Gasteiger partial charge is 0.416 e. The number of amides is 2. The summed E-state index contributed by atoms with van der Waals surface area (Å²) >= 11 is 12.4. The molecule has 1 aliphatic rings. The van der Waals surface area contributed by atoms with Crippen LogP contribution in [0.2, 0.25) is 10.0 Å². The number of hydrogen-bond donors (Lipinski definition) is 1. The van der Waals surface area contributed by atoms with Crippen LogP contribution in [-0.2, 0) is 22.2 Å². The van der Waals surface area contributed by atoms with Crippen LogP contribution in [0, 0.1) is 5.92 Å². The molecule has 0 aliphatic carbocycles. The van der Waals surface area contributed by atoms with E-state index in [1.54, 1.807) is 30.1 Å². The van der Waals surface area contributed by atoms with Crippen LogP contribution < -0.4 is 10.6 Å². The predicted octanol–water partition coefficient (Wildman–Crippen LogP) is 5.80. The second kappa shape index (κ2) is 12.8. The third kappa shape index (κ3) is 7.80. The summed E-state index contributed by atoms with van der Waals surface area (Å²) in [6.07, 6.45) is -3.71. The number of anilines is 1. The molecule has 2 unspecified atom stereocenters. The molecular weight excluding hydrogens is 552 g/mol. The Morgan fingerprint density at radius 3 is 2.23 bits per heavy atom. The summed E-state index contributed by atoms with van der Waals surface area (Å²) in [5, 5.41) is 0.882. The number of benzene rings is 2. The minimum atomic E-state index is -4.47. The lowest BCUT2D eigenvalue weighted by molar-refractivity contribution is -0.143. The fourth-order valence-electron chi connectivity index (χ4n) is 4.83. The number of hydrogen-bond acceptors (Lipinski definition) is 4. The van der Waals surface area contributed by atoms with Crippen LogP contribution in [0.3, 0.4) is 0 Å². The first kappa shape index (κ1) is 31.0. The van der Waals surface area contributed by atoms with Gasteiger partial charge in [0.15, 0.2) is 0 Å². The van der Waals surface area contributed by atoms with Crippen LogP contribution >= 0.6 is 23.2 Å². The van der Waals surface area contributed by atoms with Crippen LogP contribution in [-0.4, -0.2) is 60.9 Å². The van der Waals surface area contributed by atoms with Crippen LogP contribution in [0.25, 0.3) is 0 Å². The van der Waals surface area contributed by atoms with Crippen molar-refractivity contribution in [3.63, 3.8) is 0 Å². The van der Waals surface area contributed by atoms with Crippen molar-refractivity contribution in [3.8, 4) is 0 Å². The number of halogens is 5. The van der Waals surface area contributed by atoms with Gasteiger partial charge in [0.25, 0.3) is 0 Å². The zero-order valence-corrected chi connectivity index (χ0v) is 24.1. The van der Waals surface area contributed by atoms with Gasteiger partial charge in [0.2, 0.25) is 11.8 Å². The zero-order chi connectivity index (χ0) is 29.1. The molecule has 2 amide bonds. The Balaban J connectivity index is 1.81. The molecule has 1 aliphatic heterocycles. The molecule has 39 heavy (non-hydrogen) atoms. The molecule has 6 nitrogen and oxygen atoms in total. The van der Waals surface area contributed by atoms with Crippen LogP contribution in [0.5, 0.6) is 0 Å². The molecule has 11 heteroatoms. The zero-order valence-electron chi connectivity index (χ0n) is 22.6. The lowest BCUT2D eigenvalue weighted by atomic mass is 9.94. The van der Waals surface area contributed by atoms with E-state index in [0.29, 0.717) is 59.5 Å². The Kier molecular flexibility index (Phi) is 10.2. The molecule has 0 spiro atoms. The highest BCUT2D eigenvalue weighted by molar-refractivity contribution is 6.35. The van der Waals surface area contributed by atoms with Gasteiger partial charge in [-0.15, -0.1) is 0 Å². The SMILES string of the molecule is CC(=O)N(C)C(Cc1ccc(Cl)cc1Cl)C(=O)N1CCN(c2ccc(C(F)(F)F)cc2C(N)CC(C)C)CC1. The van der Waals surface area contributed by atoms with E-state index in [1.807, 2.05) is 18.7 Å². The van der Waals surface area contributed by atoms with E-state index in [1.165, 1.54) is 17.9 Å². The highest BCUT2D eigenvalue weighted by Gasteiger charge is 2.35. The van der Waals surface area contributed by atoms with Crippen LogP contribution in [0.15, 0.2) is 36.4 Å². The van der Waals surface area contributed by atoms with E-state index >= 15 is 0 Å². The first-order valence-electron chi connectivity index (χ1n) is 12.9. The van der Waals surface area contributed by atoms with E-state index in [9.17, 15) is 22.8 Å². The molecular formula is C28H35Cl2F3N4O2. The molecule has 0 saturated carbocycles. The van der Waals surface area contributed by atoms with E-state index in [4.69, 9.17) is 28.9 Å². The second-order valence-electron chi connectivity index (χ2n) is 10.4. The summed E-state index contributed by atoms with van der Waals surface area (Å²) in [7, 11) is 1.58. The average molecular weight is 588 g/mol. The summed E-state index contributed by atoms with van der Waals surface area (Å²) in [4.78, 5) is 30.9. The Bertz CT molecular complexity index is 1180. The van der Waals surface area contributed by atoms with E-state index < -0.39 is 23.8 Å². The molecule has 2 N–H and O–H groups in total. The van der Waals surface area contributed by atoms with Crippen molar-refractivity contribution in [2.24, 2.45) is 11.7 Å². The number of alkyl halides is 3. The van der Waals surface area contributed by atoms with Gasteiger partial charge in [0, 0.05) is 68.3 Å². The molecule has 1 heterocycles. The molecule has 0 bridgehead atoms. The Hall–Kier alpha value is -2.49. The van der Waals surface area contributed by atoms with Gasteiger partial charge in [-0.1, -0.05) is 43.1 Å². The first-order chi connectivity index (χ1) is 18.2. The van der Waals surface area contributed by atoms with Crippen molar-refractivity contribution in [1.29, 1.82) is 0 Å². The van der Waals surface area contributed by atoms with Crippen LogP contribution in [0.1, 0.15) is 49.9 Å². The molecule has 0 aromatic heterocycles. The number of carbonyl (C=O) groups is 2. The summed E-state index contributed by atoms with van der Waals surface area (Å²) in [5.41, 5.74) is 7.43. The maximum absolute atomic E-state index is 13.6. The average Bonchev–Trinajstić information content (AvgIpc) is 2.86. The number of piperazine rings is 1. The number of nitrogens with zero attached hydrogens (tertiary/aromatic N) is 3. The van der Waals surface area contributed by atoms with Crippen molar-refractivity contribution in [3.05, 3.63) is 63.1 Å². The third-order valence-electron chi connectivity index (χ3n) is 7.09. The summed E-state index contributed by atoms with van der Waals surface area (Å²) in [6, 6.07) is 7.39. The molecule has 3 rings (SSSR count). The maximum atomic E-state index is 13.6. The van der Waals surface area contributed by atoms with Crippen molar-refractivity contribution >= 4 is 40.7 Å². The van der Waals surface area contributed by atoms with Gasteiger partial charge < -0.3 is 20.4 Å². The highest BCUT2D eigenvalue weighted by atomic mass is 35.5. The molecule has 1 fully saturated rings. The fraction of sp³-hybridized carbons (Fsp3) is 0.500. The van der Waals surface area contributed by atoms with E-state index in [-0.39, 0.29) is 24.2 Å². The lowest BCUT2D eigenvalue weighted by Gasteiger charge is -2.40. The standard InChI is InChI=1S/C28H35Cl2F3N4O2/c1-17(2)13-24(34)22-15-20(28(31,32)33)6-8-25(22)36-9-11-37(12-10-36)27(39)26(35(4)18(3)38)14-19-5-7-21(29)16-23(19)30/h5-8,15-17,24,26H,9-14,34H2,1-4H3. The smallest absolute Gasteiger partial charge is 0.368 e. The maximum Gasteiger partial charge on any atom is 0.416 e. The van der Waals surface area contributed by atoms with Crippen molar-refractivity contribution < 1.29 is 22.8 Å². The number of carbonyl (C=O) groups excluding carboxylic acids is 2. The van der Waals surface area contributed by atoms with Gasteiger partial charge in [-0.2, -0.15) is 13.2 Å². The third-order valence-corrected chi connectivity index (χ3v) is 7.68. The monoisotopic (exact) mass is 586 g/mol. The topological polar surface area (TPSA) is 69.9 Å².